The first-order valence-corrected chi connectivity index (χ1v) is 4.47. The molecule has 1 aromatic carbocycles. The van der Waals surface area contributed by atoms with E-state index in [1.807, 2.05) is 38.4 Å². The van der Waals surface area contributed by atoms with Crippen LogP contribution in [0.5, 0.6) is 5.75 Å². The third-order valence-electron chi connectivity index (χ3n) is 2.29. The number of aromatic nitrogens is 2. The summed E-state index contributed by atoms with van der Waals surface area (Å²) in [6.45, 7) is 1.89. The van der Waals surface area contributed by atoms with E-state index >= 15 is 0 Å². The number of aryl methyl sites for hydroxylation is 1. The minimum Gasteiger partial charge on any atom is -0.508 e. The van der Waals surface area contributed by atoms with Crippen LogP contribution in [0.25, 0.3) is 11.3 Å². The maximum absolute atomic E-state index is 9.53. The normalized spacial score (nSPS) is 10.4. The lowest BCUT2D eigenvalue weighted by Gasteiger charge is -2.03. The molecule has 0 atom stereocenters. The number of phenolic OH excluding ortho intramolecular Hbond substituents is 1. The Morgan fingerprint density at radius 1 is 1.29 bits per heavy atom. The number of hydrogen-bond donors (Lipinski definition) is 1. The Labute approximate surface area is 82.6 Å². The van der Waals surface area contributed by atoms with Crippen molar-refractivity contribution < 1.29 is 5.11 Å². The number of hydrogen-bond acceptors (Lipinski definition) is 2. The summed E-state index contributed by atoms with van der Waals surface area (Å²) < 4.78 is 1.75. The summed E-state index contributed by atoms with van der Waals surface area (Å²) in [4.78, 5) is 0. The first kappa shape index (κ1) is 8.81. The Morgan fingerprint density at radius 3 is 2.71 bits per heavy atom. The van der Waals surface area contributed by atoms with Crippen LogP contribution in [0.2, 0.25) is 0 Å². The van der Waals surface area contributed by atoms with Crippen LogP contribution < -0.4 is 0 Å². The lowest BCUT2D eigenvalue weighted by atomic mass is 10.1. The summed E-state index contributed by atoms with van der Waals surface area (Å²) in [6.07, 6.45) is 1.89. The topological polar surface area (TPSA) is 38.0 Å². The van der Waals surface area contributed by atoms with Gasteiger partial charge < -0.3 is 5.11 Å². The van der Waals surface area contributed by atoms with E-state index in [-0.39, 0.29) is 0 Å². The molecule has 0 aliphatic carbocycles. The molecule has 72 valence electrons. The summed E-state index contributed by atoms with van der Waals surface area (Å²) in [5, 5.41) is 13.8. The summed E-state index contributed by atoms with van der Waals surface area (Å²) in [5.41, 5.74) is 2.73. The Balaban J connectivity index is 2.57. The van der Waals surface area contributed by atoms with Crippen LogP contribution in [0, 0.1) is 6.92 Å². The molecule has 0 bridgehead atoms. The summed E-state index contributed by atoms with van der Waals surface area (Å²) in [5.74, 6) is 0.313. The smallest absolute Gasteiger partial charge is 0.119 e. The number of phenols is 1. The third kappa shape index (κ3) is 1.37. The molecule has 2 aromatic rings. The van der Waals surface area contributed by atoms with Gasteiger partial charge >= 0.3 is 0 Å². The van der Waals surface area contributed by atoms with Crippen LogP contribution in [0.1, 0.15) is 5.56 Å². The molecule has 0 radical (unpaired) electrons. The molecule has 0 saturated carbocycles. The van der Waals surface area contributed by atoms with E-state index in [4.69, 9.17) is 0 Å². The number of nitrogens with zero attached hydrogens (tertiary/aromatic N) is 2. The van der Waals surface area contributed by atoms with Gasteiger partial charge in [-0.3, -0.25) is 4.68 Å². The van der Waals surface area contributed by atoms with Gasteiger partial charge in [-0.15, -0.1) is 0 Å². The van der Waals surface area contributed by atoms with Crippen LogP contribution >= 0.6 is 0 Å². The number of benzene rings is 1. The summed E-state index contributed by atoms with van der Waals surface area (Å²) in [7, 11) is 1.88. The minimum absolute atomic E-state index is 0.313. The van der Waals surface area contributed by atoms with E-state index < -0.39 is 0 Å². The van der Waals surface area contributed by atoms with Crippen molar-refractivity contribution >= 4 is 0 Å². The third-order valence-corrected chi connectivity index (χ3v) is 2.29. The molecule has 0 unspecified atom stereocenters. The molecule has 0 fully saturated rings. The first-order valence-electron chi connectivity index (χ1n) is 4.47. The van der Waals surface area contributed by atoms with Crippen LogP contribution in [0.3, 0.4) is 0 Å². The zero-order valence-electron chi connectivity index (χ0n) is 8.23. The second-order valence-electron chi connectivity index (χ2n) is 3.32. The van der Waals surface area contributed by atoms with Gasteiger partial charge in [0.2, 0.25) is 0 Å². The molecule has 14 heavy (non-hydrogen) atoms. The Kier molecular flexibility index (Phi) is 2.00. The average Bonchev–Trinajstić information content (AvgIpc) is 2.57. The molecular formula is C11H12N2O. The highest BCUT2D eigenvalue weighted by atomic mass is 16.3. The van der Waals surface area contributed by atoms with Crippen molar-refractivity contribution in [1.29, 1.82) is 0 Å². The Hall–Kier alpha value is -1.77. The molecule has 3 nitrogen and oxygen atoms in total. The maximum Gasteiger partial charge on any atom is 0.119 e. The maximum atomic E-state index is 9.53. The minimum atomic E-state index is 0.313. The predicted molar refractivity (Wildman–Crippen MR) is 55.0 cm³/mol. The highest BCUT2D eigenvalue weighted by Gasteiger charge is 2.06. The Bertz CT molecular complexity index is 460. The van der Waals surface area contributed by atoms with E-state index in [0.29, 0.717) is 5.75 Å². The fourth-order valence-electron chi connectivity index (χ4n) is 1.46. The second kappa shape index (κ2) is 3.18. The van der Waals surface area contributed by atoms with Crippen LogP contribution in [0.15, 0.2) is 30.5 Å². The van der Waals surface area contributed by atoms with Gasteiger partial charge in [0.1, 0.15) is 5.75 Å². The van der Waals surface area contributed by atoms with Crippen molar-refractivity contribution in [2.45, 2.75) is 6.92 Å². The molecule has 2 rings (SSSR count). The van der Waals surface area contributed by atoms with E-state index in [0.717, 1.165) is 16.8 Å². The zero-order valence-corrected chi connectivity index (χ0v) is 8.23. The van der Waals surface area contributed by atoms with Crippen molar-refractivity contribution in [2.75, 3.05) is 0 Å². The highest BCUT2D eigenvalue weighted by Crippen LogP contribution is 2.27. The molecule has 1 aromatic heterocycles. The molecule has 1 N–H and O–H groups in total. The molecule has 0 aliphatic rings. The second-order valence-corrected chi connectivity index (χ2v) is 3.32. The zero-order chi connectivity index (χ0) is 10.1. The number of rotatable bonds is 1. The van der Waals surface area contributed by atoms with Gasteiger partial charge in [-0.2, -0.15) is 5.10 Å². The van der Waals surface area contributed by atoms with E-state index in [2.05, 4.69) is 5.10 Å². The standard InChI is InChI=1S/C11H12N2O/c1-8-9(4-3-5-11(8)14)10-6-7-13(2)12-10/h3-7,14H,1-2H3. The van der Waals surface area contributed by atoms with E-state index in [1.54, 1.807) is 10.7 Å². The van der Waals surface area contributed by atoms with Crippen molar-refractivity contribution in [3.8, 4) is 17.0 Å². The molecule has 0 aliphatic heterocycles. The van der Waals surface area contributed by atoms with E-state index in [1.165, 1.54) is 0 Å². The van der Waals surface area contributed by atoms with E-state index in [9.17, 15) is 5.11 Å². The van der Waals surface area contributed by atoms with Crippen LogP contribution in [0.4, 0.5) is 0 Å². The monoisotopic (exact) mass is 188 g/mol. The van der Waals surface area contributed by atoms with Crippen LogP contribution in [-0.2, 0) is 7.05 Å². The Morgan fingerprint density at radius 2 is 2.07 bits per heavy atom. The molecule has 0 saturated heterocycles. The van der Waals surface area contributed by atoms with Gasteiger partial charge in [0.15, 0.2) is 0 Å². The van der Waals surface area contributed by atoms with Gasteiger partial charge in [0.05, 0.1) is 5.69 Å². The molecule has 0 spiro atoms. The summed E-state index contributed by atoms with van der Waals surface area (Å²) in [6, 6.07) is 7.40. The number of aromatic hydroxyl groups is 1. The average molecular weight is 188 g/mol. The molecule has 1 heterocycles. The quantitative estimate of drug-likeness (QED) is 0.744. The van der Waals surface area contributed by atoms with Crippen molar-refractivity contribution in [3.05, 3.63) is 36.0 Å². The van der Waals surface area contributed by atoms with Crippen molar-refractivity contribution in [2.24, 2.45) is 7.05 Å². The fourth-order valence-corrected chi connectivity index (χ4v) is 1.46. The largest absolute Gasteiger partial charge is 0.508 e. The predicted octanol–water partition coefficient (Wildman–Crippen LogP) is 2.10. The highest BCUT2D eigenvalue weighted by molar-refractivity contribution is 5.65. The fraction of sp³-hybridized carbons (Fsp3) is 0.182. The first-order chi connectivity index (χ1) is 6.68. The SMILES string of the molecule is Cc1c(O)cccc1-c1ccn(C)n1. The van der Waals surface area contributed by atoms with Crippen LogP contribution in [-0.4, -0.2) is 14.9 Å². The lowest BCUT2D eigenvalue weighted by molar-refractivity contribution is 0.471. The molecular weight excluding hydrogens is 176 g/mol. The van der Waals surface area contributed by atoms with Crippen molar-refractivity contribution in [3.63, 3.8) is 0 Å². The van der Waals surface area contributed by atoms with Gasteiger partial charge in [-0.05, 0) is 19.1 Å². The lowest BCUT2D eigenvalue weighted by Crippen LogP contribution is -1.89. The molecule has 3 heteroatoms. The van der Waals surface area contributed by atoms with Crippen molar-refractivity contribution in [1.82, 2.24) is 9.78 Å². The summed E-state index contributed by atoms with van der Waals surface area (Å²) >= 11 is 0. The van der Waals surface area contributed by atoms with Gasteiger partial charge in [-0.1, -0.05) is 12.1 Å². The van der Waals surface area contributed by atoms with Gasteiger partial charge in [-0.25, -0.2) is 0 Å². The molecule has 0 amide bonds. The van der Waals surface area contributed by atoms with Gasteiger partial charge in [0.25, 0.3) is 0 Å². The van der Waals surface area contributed by atoms with Gasteiger partial charge in [0, 0.05) is 24.4 Å².